The van der Waals surface area contributed by atoms with Crippen LogP contribution in [0.15, 0.2) is 95.1 Å². The lowest BCUT2D eigenvalue weighted by Crippen LogP contribution is -2.19. The molecule has 0 unspecified atom stereocenters. The van der Waals surface area contributed by atoms with Crippen LogP contribution in [0, 0.1) is 27.7 Å². The van der Waals surface area contributed by atoms with Crippen molar-refractivity contribution in [1.82, 2.24) is 24.8 Å². The highest BCUT2D eigenvalue weighted by atomic mass is 79.9. The molecule has 0 aliphatic carbocycles. The minimum absolute atomic E-state index is 0.100. The number of phenolic OH excluding ortho intramolecular Hbond substituents is 1. The number of primary amides is 4. The first-order valence-corrected chi connectivity index (χ1v) is 20.8. The van der Waals surface area contributed by atoms with Gasteiger partial charge in [-0.05, 0) is 103 Å². The van der Waals surface area contributed by atoms with Gasteiger partial charge in [-0.15, -0.1) is 11.6 Å². The SMILES string of the molecule is Cc1nc(C(N)=O)c(-c2ccc(O)cc2)o1.Cc1nc(C(N)=O)c(-c2ccc(OCCCl)cc2)o1.Cc1nc(C(N)=O)c(-c2ccc(OCCN(C)C)cc2)o1.Cc1nc(C(N)=O)c(Br)o1. The van der Waals surface area contributed by atoms with Crippen molar-refractivity contribution in [3.63, 3.8) is 0 Å². The number of benzene rings is 3. The Morgan fingerprint density at radius 3 is 1.17 bits per heavy atom. The highest BCUT2D eigenvalue weighted by molar-refractivity contribution is 9.10. The number of phenols is 1. The first-order valence-electron chi connectivity index (χ1n) is 19.5. The topological polar surface area (TPSA) is 318 Å². The zero-order chi connectivity index (χ0) is 48.7. The lowest BCUT2D eigenvalue weighted by atomic mass is 10.1. The first kappa shape index (κ1) is 51.1. The number of aromatic hydroxyl groups is 1. The molecular weight excluding hydrogens is 946 g/mol. The second-order valence-corrected chi connectivity index (χ2v) is 14.9. The maximum absolute atomic E-state index is 11.4. The van der Waals surface area contributed by atoms with E-state index in [1.54, 1.807) is 64.1 Å². The summed E-state index contributed by atoms with van der Waals surface area (Å²) >= 11 is 8.52. The predicted molar refractivity (Wildman–Crippen MR) is 245 cm³/mol. The van der Waals surface area contributed by atoms with Crippen LogP contribution in [0.1, 0.15) is 65.5 Å². The molecule has 0 aliphatic heterocycles. The number of aryl methyl sites for hydroxylation is 4. The monoisotopic (exact) mass is 991 g/mol. The highest BCUT2D eigenvalue weighted by Crippen LogP contribution is 2.29. The number of hydrogen-bond donors (Lipinski definition) is 5. The molecule has 7 rings (SSSR count). The van der Waals surface area contributed by atoms with Crippen LogP contribution in [0.4, 0.5) is 0 Å². The van der Waals surface area contributed by atoms with Gasteiger partial charge in [0, 0.05) is 50.9 Å². The number of carbonyl (C=O) groups excluding carboxylic acids is 4. The van der Waals surface area contributed by atoms with Crippen molar-refractivity contribution in [3.8, 4) is 51.2 Å². The number of hydrogen-bond acceptors (Lipinski definition) is 16. The number of aromatic nitrogens is 4. The van der Waals surface area contributed by atoms with E-state index in [1.165, 1.54) is 12.1 Å². The van der Waals surface area contributed by atoms with Gasteiger partial charge in [0.2, 0.25) is 4.67 Å². The molecule has 9 N–H and O–H groups in total. The van der Waals surface area contributed by atoms with Crippen LogP contribution in [-0.2, 0) is 0 Å². The molecule has 0 atom stereocenters. The summed E-state index contributed by atoms with van der Waals surface area (Å²) in [4.78, 5) is 61.9. The van der Waals surface area contributed by atoms with Crippen molar-refractivity contribution in [2.45, 2.75) is 27.7 Å². The van der Waals surface area contributed by atoms with Crippen LogP contribution < -0.4 is 32.4 Å². The summed E-state index contributed by atoms with van der Waals surface area (Å²) < 4.78 is 32.3. The number of likely N-dealkylation sites (N-methyl/N-ethyl adjacent to an activating group) is 1. The molecule has 0 fully saturated rings. The van der Waals surface area contributed by atoms with Crippen LogP contribution in [0.2, 0.25) is 0 Å². The minimum Gasteiger partial charge on any atom is -0.508 e. The minimum atomic E-state index is -0.639. The highest BCUT2D eigenvalue weighted by Gasteiger charge is 2.20. The summed E-state index contributed by atoms with van der Waals surface area (Å²) in [6.45, 7) is 8.50. The maximum Gasteiger partial charge on any atom is 0.271 e. The van der Waals surface area contributed by atoms with Crippen molar-refractivity contribution < 1.29 is 51.4 Å². The van der Waals surface area contributed by atoms with E-state index in [4.69, 9.17) is 66.8 Å². The summed E-state index contributed by atoms with van der Waals surface area (Å²) in [5, 5.41) is 9.15. The largest absolute Gasteiger partial charge is 0.508 e. The van der Waals surface area contributed by atoms with Gasteiger partial charge in [0.05, 0.1) is 5.88 Å². The van der Waals surface area contributed by atoms with E-state index in [9.17, 15) is 19.2 Å². The van der Waals surface area contributed by atoms with Gasteiger partial charge >= 0.3 is 0 Å². The molecule has 4 aromatic heterocycles. The third-order valence-corrected chi connectivity index (χ3v) is 9.04. The molecule has 22 heteroatoms. The van der Waals surface area contributed by atoms with Gasteiger partial charge in [0.15, 0.2) is 63.6 Å². The van der Waals surface area contributed by atoms with Gasteiger partial charge in [-0.1, -0.05) is 0 Å². The summed E-state index contributed by atoms with van der Waals surface area (Å²) in [7, 11) is 3.98. The van der Waals surface area contributed by atoms with Crippen LogP contribution in [-0.4, -0.2) is 93.3 Å². The third kappa shape index (κ3) is 14.8. The fraction of sp³-hybridized carbons (Fsp3) is 0.227. The molecule has 348 valence electrons. The van der Waals surface area contributed by atoms with Crippen LogP contribution >= 0.6 is 27.5 Å². The van der Waals surface area contributed by atoms with Crippen LogP contribution in [0.25, 0.3) is 34.0 Å². The molecule has 3 aromatic carbocycles. The standard InChI is InChI=1S/C15H19N3O3.C13H13ClN2O3.C11H10N2O3.C5H5BrN2O2/c1-10-17-13(15(16)19)14(21-10)11-4-6-12(7-5-11)20-9-8-18(2)3;1-8-16-11(13(15)17)12(19-8)9-2-4-10(5-3-9)18-7-6-14;1-6-13-9(11(12)15)10(16-6)7-2-4-8(14)5-3-7;1-2-8-3(5(7)9)4(6)10-2/h4-7H,8-9H2,1-3H3,(H2,16,19);2-5H,6-7H2,1H3,(H2,15,17);2-5,14H,1H3,(H2,12,15);1H3,(H2,7,9). The van der Waals surface area contributed by atoms with Crippen molar-refractivity contribution in [2.24, 2.45) is 22.9 Å². The summed E-state index contributed by atoms with van der Waals surface area (Å²) in [6, 6.07) is 20.6. The molecular formula is C44H47BrClN9O11. The molecule has 0 spiro atoms. The maximum atomic E-state index is 11.4. The molecule has 0 radical (unpaired) electrons. The Hall–Kier alpha value is -7.49. The quantitative estimate of drug-likeness (QED) is 0.0741. The van der Waals surface area contributed by atoms with Crippen LogP contribution in [0.5, 0.6) is 17.2 Å². The molecule has 66 heavy (non-hydrogen) atoms. The van der Waals surface area contributed by atoms with E-state index < -0.39 is 23.6 Å². The Labute approximate surface area is 391 Å². The fourth-order valence-corrected chi connectivity index (χ4v) is 6.04. The Kier molecular flexibility index (Phi) is 18.6. The number of ether oxygens (including phenoxy) is 2. The lowest BCUT2D eigenvalue weighted by Gasteiger charge is -2.11. The van der Waals surface area contributed by atoms with E-state index in [2.05, 4.69) is 35.9 Å². The zero-order valence-electron chi connectivity index (χ0n) is 36.6. The van der Waals surface area contributed by atoms with E-state index in [0.29, 0.717) is 76.8 Å². The van der Waals surface area contributed by atoms with Crippen molar-refractivity contribution in [3.05, 3.63) is 124 Å². The van der Waals surface area contributed by atoms with Crippen molar-refractivity contribution >= 4 is 51.2 Å². The number of nitrogens with two attached hydrogens (primary N) is 4. The third-order valence-electron chi connectivity index (χ3n) is 8.34. The van der Waals surface area contributed by atoms with Gasteiger partial charge in [-0.2, -0.15) is 0 Å². The molecule has 7 aromatic rings. The average Bonchev–Trinajstić information content (AvgIpc) is 4.06. The number of halogens is 2. The van der Waals surface area contributed by atoms with Crippen molar-refractivity contribution in [2.75, 3.05) is 39.7 Å². The number of oxazole rings is 4. The molecule has 0 aliphatic rings. The predicted octanol–water partition coefficient (Wildman–Crippen LogP) is 6.35. The number of carbonyl (C=O) groups is 4. The van der Waals surface area contributed by atoms with E-state index >= 15 is 0 Å². The van der Waals surface area contributed by atoms with E-state index in [0.717, 1.165) is 17.9 Å². The number of amides is 4. The molecule has 4 heterocycles. The second kappa shape index (κ2) is 24.0. The molecule has 0 saturated heterocycles. The Morgan fingerprint density at radius 1 is 0.561 bits per heavy atom. The van der Waals surface area contributed by atoms with E-state index in [1.807, 2.05) is 43.3 Å². The Morgan fingerprint density at radius 2 is 0.879 bits per heavy atom. The zero-order valence-corrected chi connectivity index (χ0v) is 38.9. The lowest BCUT2D eigenvalue weighted by molar-refractivity contribution is 0.0986. The molecule has 0 saturated carbocycles. The summed E-state index contributed by atoms with van der Waals surface area (Å²) in [5.41, 5.74) is 23.3. The first-order chi connectivity index (χ1) is 31.3. The summed E-state index contributed by atoms with van der Waals surface area (Å²) in [6.07, 6.45) is 0. The number of nitrogens with zero attached hydrogens (tertiary/aromatic N) is 5. The molecule has 20 nitrogen and oxygen atoms in total. The van der Waals surface area contributed by atoms with Gasteiger partial charge < -0.3 is 60.1 Å². The van der Waals surface area contributed by atoms with Gasteiger partial charge in [-0.3, -0.25) is 19.2 Å². The normalized spacial score (nSPS) is 10.4. The number of alkyl halides is 1. The smallest absolute Gasteiger partial charge is 0.271 e. The van der Waals surface area contributed by atoms with E-state index in [-0.39, 0.29) is 33.2 Å². The Balaban J connectivity index is 0.000000198. The number of rotatable bonds is 14. The molecule has 4 amide bonds. The van der Waals surface area contributed by atoms with Gasteiger partial charge in [0.25, 0.3) is 23.6 Å². The van der Waals surface area contributed by atoms with Crippen molar-refractivity contribution in [1.29, 1.82) is 0 Å². The second-order valence-electron chi connectivity index (χ2n) is 13.8. The Bertz CT molecular complexity index is 2730. The average molecular weight is 993 g/mol. The fourth-order valence-electron chi connectivity index (χ4n) is 5.44. The van der Waals surface area contributed by atoms with Gasteiger partial charge in [-0.25, -0.2) is 19.9 Å². The van der Waals surface area contributed by atoms with Gasteiger partial charge in [0.1, 0.15) is 30.5 Å². The molecule has 0 bridgehead atoms. The summed E-state index contributed by atoms with van der Waals surface area (Å²) in [5.74, 6) is 2.24. The van der Waals surface area contributed by atoms with Crippen LogP contribution in [0.3, 0.4) is 0 Å².